The predicted octanol–water partition coefficient (Wildman–Crippen LogP) is 5.90. The molecular weight excluding hydrogens is 831 g/mol. The van der Waals surface area contributed by atoms with Crippen LogP contribution in [0.25, 0.3) is 11.3 Å². The Morgan fingerprint density at radius 3 is 2.40 bits per heavy atom. The normalized spacial score (nSPS) is 28.5. The Bertz CT molecular complexity index is 1990. The molecule has 2 saturated heterocycles. The molecule has 16 nitrogen and oxygen atoms in total. The van der Waals surface area contributed by atoms with Crippen molar-refractivity contribution in [2.24, 2.45) is 11.8 Å². The number of aliphatic hydroxyl groups is 1. The summed E-state index contributed by atoms with van der Waals surface area (Å²) in [6.07, 6.45) is 0.00264. The number of nitrogens with one attached hydrogen (secondary N) is 1. The van der Waals surface area contributed by atoms with Crippen molar-refractivity contribution in [2.45, 2.75) is 154 Å². The van der Waals surface area contributed by atoms with Crippen LogP contribution in [-0.2, 0) is 46.2 Å². The quantitative estimate of drug-likeness (QED) is 0.0449. The Labute approximate surface area is 385 Å². The van der Waals surface area contributed by atoms with Gasteiger partial charge in [-0.05, 0) is 110 Å². The number of hydrogen-bond donors (Lipinski definition) is 3. The summed E-state index contributed by atoms with van der Waals surface area (Å²) in [6.45, 7) is 15.3. The average molecular weight is 906 g/mol. The Morgan fingerprint density at radius 2 is 1.75 bits per heavy atom. The van der Waals surface area contributed by atoms with Crippen LogP contribution in [0.3, 0.4) is 0 Å². The lowest BCUT2D eigenvalue weighted by Gasteiger charge is -2.42. The van der Waals surface area contributed by atoms with Gasteiger partial charge in [0.25, 0.3) is 0 Å². The van der Waals surface area contributed by atoms with Crippen LogP contribution in [0.1, 0.15) is 92.6 Å². The number of Topliss-reactive ketones (excluding diaryl/α,β-unsaturated/α-hetero) is 1. The molecule has 2 aliphatic rings. The molecule has 0 aliphatic carbocycles. The van der Waals surface area contributed by atoms with Crippen molar-refractivity contribution in [3.63, 3.8) is 0 Å². The van der Waals surface area contributed by atoms with E-state index in [1.54, 1.807) is 16.7 Å². The first kappa shape index (κ1) is 51.5. The number of fused-ring (bicyclic) bond motifs is 1. The summed E-state index contributed by atoms with van der Waals surface area (Å²) in [5.41, 5.74) is 6.67. The second-order valence-electron chi connectivity index (χ2n) is 18.5. The monoisotopic (exact) mass is 906 g/mol. The maximum absolute atomic E-state index is 14.9. The first-order chi connectivity index (χ1) is 31.0. The predicted molar refractivity (Wildman–Crippen MR) is 249 cm³/mol. The van der Waals surface area contributed by atoms with Crippen LogP contribution in [0, 0.1) is 11.8 Å². The number of ether oxygens (including phenoxy) is 5. The highest BCUT2D eigenvalue weighted by atomic mass is 16.7. The number of amides is 1. The third-order valence-corrected chi connectivity index (χ3v) is 13.4. The third kappa shape index (κ3) is 12.7. The second kappa shape index (κ2) is 23.3. The lowest BCUT2D eigenvalue weighted by atomic mass is 9.82. The van der Waals surface area contributed by atoms with Gasteiger partial charge >= 0.3 is 12.1 Å². The highest BCUT2D eigenvalue weighted by Gasteiger charge is 2.58. The third-order valence-electron chi connectivity index (χ3n) is 13.4. The number of unbranched alkanes of at least 4 members (excludes halogenated alkanes) is 1. The molecule has 0 radical (unpaired) electrons. The average Bonchev–Trinajstić information content (AvgIpc) is 3.86. The highest BCUT2D eigenvalue weighted by molar-refractivity contribution is 5.99. The van der Waals surface area contributed by atoms with Gasteiger partial charge in [-0.15, -0.1) is 5.10 Å². The number of aromatic nitrogens is 3. The summed E-state index contributed by atoms with van der Waals surface area (Å²) < 4.78 is 33.7. The van der Waals surface area contributed by atoms with Crippen molar-refractivity contribution >= 4 is 23.5 Å². The van der Waals surface area contributed by atoms with Crippen LogP contribution in [-0.4, -0.2) is 143 Å². The molecule has 1 aromatic heterocycles. The van der Waals surface area contributed by atoms with E-state index in [1.807, 2.05) is 121 Å². The number of carbonyl (C=O) groups is 3. The Balaban J connectivity index is 1.46. The Morgan fingerprint density at radius 1 is 1.03 bits per heavy atom. The molecule has 3 heterocycles. The molecule has 0 bridgehead atoms. The number of carbonyl (C=O) groups excluding carboxylic acids is 3. The molecule has 3 aromatic rings. The number of methoxy groups -OCH3 is 1. The van der Waals surface area contributed by atoms with Crippen LogP contribution in [0.15, 0.2) is 60.8 Å². The molecule has 2 aliphatic heterocycles. The zero-order chi connectivity index (χ0) is 47.5. The number of cyclic esters (lactones) is 1. The smallest absolute Gasteiger partial charge is 0.410 e. The van der Waals surface area contributed by atoms with Crippen molar-refractivity contribution in [3.05, 3.63) is 66.4 Å². The zero-order valence-electron chi connectivity index (χ0n) is 40.3. The van der Waals surface area contributed by atoms with Gasteiger partial charge in [-0.2, -0.15) is 0 Å². The van der Waals surface area contributed by atoms with Crippen molar-refractivity contribution in [1.82, 2.24) is 30.1 Å². The van der Waals surface area contributed by atoms with E-state index < -0.39 is 65.6 Å². The number of esters is 1. The molecule has 11 atom stereocenters. The van der Waals surface area contributed by atoms with Crippen LogP contribution in [0.5, 0.6) is 0 Å². The molecule has 4 N–H and O–H groups in total. The summed E-state index contributed by atoms with van der Waals surface area (Å²) in [5, 5.41) is 24.1. The minimum atomic E-state index is -1.27. The number of aryl methyl sites for hydroxylation is 1. The molecule has 2 unspecified atom stereocenters. The summed E-state index contributed by atoms with van der Waals surface area (Å²) in [7, 11) is 5.37. The van der Waals surface area contributed by atoms with Crippen molar-refractivity contribution < 1.29 is 43.2 Å². The first-order valence-electron chi connectivity index (χ1n) is 23.4. The van der Waals surface area contributed by atoms with Gasteiger partial charge in [0.2, 0.25) is 0 Å². The fourth-order valence-corrected chi connectivity index (χ4v) is 9.76. The zero-order valence-corrected chi connectivity index (χ0v) is 40.3. The number of anilines is 1. The second-order valence-corrected chi connectivity index (χ2v) is 18.5. The molecule has 2 aromatic carbocycles. The first-order valence-corrected chi connectivity index (χ1v) is 23.4. The molecule has 0 spiro atoms. The fraction of sp³-hybridized carbons (Fsp3) is 0.653. The number of aliphatic hydroxyl groups excluding tert-OH is 1. The molecule has 360 valence electrons. The van der Waals surface area contributed by atoms with E-state index in [2.05, 4.69) is 22.6 Å². The number of hydrogen-bond acceptors (Lipinski definition) is 14. The van der Waals surface area contributed by atoms with Gasteiger partial charge in [0, 0.05) is 56.6 Å². The lowest BCUT2D eigenvalue weighted by molar-refractivity contribution is -0.258. The molecule has 16 heteroatoms. The van der Waals surface area contributed by atoms with Crippen molar-refractivity contribution in [2.75, 3.05) is 46.6 Å². The standard InChI is InChI=1S/C49H75N7O9/c1-11-39(54(8)9)43(58)46(62-13-3)64-42-28-40(57)37(26-34-20-15-14-16-21-34)45(59)63-41(12-2)49(7)44(33(5)51-30-32(4)29-48(42,6)61-10)56(47(60)65-49)25-18-17-24-55-31-38(52-53-55)35-22-19-23-36(50)27-35/h14-16,19-23,27,31-33,37,39,41-44,46,51,58H,11-13,17-18,24-26,28-30,50H2,1-10H3/t32-,33-,37-,39?,41-,42-,43?,44-,46+,48-,49-/m1/s1. The van der Waals surface area contributed by atoms with Crippen LogP contribution in [0.2, 0.25) is 0 Å². The summed E-state index contributed by atoms with van der Waals surface area (Å²) in [6, 6.07) is 15.7. The van der Waals surface area contributed by atoms with Gasteiger partial charge in [0.05, 0.1) is 23.9 Å². The maximum atomic E-state index is 14.9. The number of ketones is 1. The summed E-state index contributed by atoms with van der Waals surface area (Å²) >= 11 is 0. The molecule has 2 fully saturated rings. The van der Waals surface area contributed by atoms with E-state index in [9.17, 15) is 19.5 Å². The van der Waals surface area contributed by atoms with E-state index in [0.29, 0.717) is 57.4 Å². The van der Waals surface area contributed by atoms with Gasteiger partial charge in [-0.3, -0.25) is 19.2 Å². The van der Waals surface area contributed by atoms with E-state index in [0.717, 1.165) is 16.8 Å². The molecular formula is C49H75N7O9. The SMILES string of the molecule is CCO[C@@H](O[C@@H]1CC(=O)[C@@H](Cc2ccccc2)C(=O)O[C@H](CC)[C@@]2(C)OC(=O)N(CCCCn3cc(-c4cccc(N)c4)nn3)[C@@H]2[C@@H](C)NC[C@H](C)C[C@@]1(C)OC)C(O)C(CC)N(C)C. The van der Waals surface area contributed by atoms with Crippen LogP contribution >= 0.6 is 0 Å². The maximum Gasteiger partial charge on any atom is 0.410 e. The lowest BCUT2D eigenvalue weighted by Crippen LogP contribution is -2.61. The summed E-state index contributed by atoms with van der Waals surface area (Å²) in [5.74, 6) is -2.39. The summed E-state index contributed by atoms with van der Waals surface area (Å²) in [4.78, 5) is 47.3. The van der Waals surface area contributed by atoms with Crippen molar-refractivity contribution in [3.8, 4) is 11.3 Å². The fourth-order valence-electron chi connectivity index (χ4n) is 9.76. The van der Waals surface area contributed by atoms with Crippen molar-refractivity contribution in [1.29, 1.82) is 0 Å². The minimum absolute atomic E-state index is 0.0352. The highest BCUT2D eigenvalue weighted by Crippen LogP contribution is 2.39. The molecule has 5 rings (SSSR count). The molecule has 65 heavy (non-hydrogen) atoms. The van der Waals surface area contributed by atoms with Gasteiger partial charge in [-0.1, -0.05) is 68.4 Å². The number of nitrogen functional groups attached to an aromatic ring is 1. The van der Waals surface area contributed by atoms with Gasteiger partial charge in [-0.25, -0.2) is 4.79 Å². The van der Waals surface area contributed by atoms with Crippen LogP contribution < -0.4 is 11.1 Å². The number of benzene rings is 2. The largest absolute Gasteiger partial charge is 0.457 e. The Kier molecular flexibility index (Phi) is 18.5. The Hall–Kier alpha value is -4.45. The number of nitrogens with zero attached hydrogens (tertiary/aromatic N) is 5. The molecule has 0 saturated carbocycles. The van der Waals surface area contributed by atoms with Gasteiger partial charge in [0.1, 0.15) is 29.6 Å². The van der Waals surface area contributed by atoms with Gasteiger partial charge < -0.3 is 44.7 Å². The van der Waals surface area contributed by atoms with E-state index in [4.69, 9.17) is 29.4 Å². The molecule has 1 amide bonds. The van der Waals surface area contributed by atoms with E-state index in [1.165, 1.54) is 0 Å². The van der Waals surface area contributed by atoms with E-state index in [-0.39, 0.29) is 37.5 Å². The topological polar surface area (TPSA) is 193 Å². The number of rotatable bonds is 18. The van der Waals surface area contributed by atoms with Crippen LogP contribution in [0.4, 0.5) is 10.5 Å². The number of nitrogens with two attached hydrogens (primary N) is 1. The number of likely N-dealkylation sites (N-methyl/N-ethyl adjacent to an activating group) is 1. The minimum Gasteiger partial charge on any atom is -0.457 e. The van der Waals surface area contributed by atoms with Gasteiger partial charge in [0.15, 0.2) is 11.9 Å². The van der Waals surface area contributed by atoms with E-state index >= 15 is 0 Å².